The number of Topliss-reactive ketones (excluding diaryl/α,β-unsaturated/α-hetero) is 1. The average molecular weight is 217 g/mol. The average Bonchev–Trinajstić information content (AvgIpc) is 2.05. The van der Waals surface area contributed by atoms with Gasteiger partial charge in [0.05, 0.1) is 0 Å². The van der Waals surface area contributed by atoms with Gasteiger partial charge in [0.1, 0.15) is 0 Å². The fourth-order valence-electron chi connectivity index (χ4n) is 0.728. The van der Waals surface area contributed by atoms with Crippen molar-refractivity contribution in [1.82, 2.24) is 0 Å². The lowest BCUT2D eigenvalue weighted by Crippen LogP contribution is -2.07. The van der Waals surface area contributed by atoms with Gasteiger partial charge in [0.15, 0.2) is 0 Å². The Balaban J connectivity index is 2.86. The van der Waals surface area contributed by atoms with Crippen molar-refractivity contribution in [2.75, 3.05) is 0 Å². The highest BCUT2D eigenvalue weighted by Crippen LogP contribution is 2.10. The van der Waals surface area contributed by atoms with Gasteiger partial charge in [-0.05, 0) is 15.9 Å². The van der Waals surface area contributed by atoms with Gasteiger partial charge < -0.3 is 0 Å². The van der Waals surface area contributed by atoms with E-state index in [4.69, 9.17) is 0 Å². The van der Waals surface area contributed by atoms with Crippen molar-refractivity contribution >= 4 is 21.7 Å². The fourth-order valence-corrected chi connectivity index (χ4v) is 0.993. The highest BCUT2D eigenvalue weighted by molar-refractivity contribution is 9.09. The van der Waals surface area contributed by atoms with Crippen LogP contribution in [0.15, 0.2) is 30.3 Å². The minimum atomic E-state index is -1.59. The Kier molecular flexibility index (Phi) is 2.76. The van der Waals surface area contributed by atoms with Gasteiger partial charge >= 0.3 is 0 Å². The molecule has 1 aromatic carbocycles. The quantitative estimate of drug-likeness (QED) is 0.549. The predicted octanol–water partition coefficient (Wildman–Crippen LogP) is 2.56. The Morgan fingerprint density at radius 1 is 1.36 bits per heavy atom. The number of benzene rings is 1. The lowest BCUT2D eigenvalue weighted by atomic mass is 10.1. The molecule has 3 heteroatoms. The van der Waals surface area contributed by atoms with E-state index in [1.807, 2.05) is 0 Å². The molecule has 0 aliphatic rings. The minimum absolute atomic E-state index is 0.386. The van der Waals surface area contributed by atoms with Crippen LogP contribution in [-0.2, 0) is 0 Å². The number of halogens is 2. The number of carbonyl (C=O) groups excluding carboxylic acids is 1. The molecular formula is C8H6BrFO. The summed E-state index contributed by atoms with van der Waals surface area (Å²) in [5.41, 5.74) is 0.386. The van der Waals surface area contributed by atoms with Gasteiger partial charge in [0, 0.05) is 5.56 Å². The third-order valence-corrected chi connectivity index (χ3v) is 1.67. The number of ketones is 1. The molecule has 0 N–H and O–H groups in total. The number of carbonyl (C=O) groups is 1. The van der Waals surface area contributed by atoms with E-state index in [-0.39, 0.29) is 0 Å². The maximum Gasteiger partial charge on any atom is 0.217 e. The summed E-state index contributed by atoms with van der Waals surface area (Å²) in [6.07, 6.45) is 0. The normalized spacial score (nSPS) is 12.5. The lowest BCUT2D eigenvalue weighted by Gasteiger charge is -1.97. The first-order chi connectivity index (χ1) is 5.22. The first-order valence-corrected chi connectivity index (χ1v) is 4.01. The second-order valence-electron chi connectivity index (χ2n) is 2.03. The molecular weight excluding hydrogens is 211 g/mol. The summed E-state index contributed by atoms with van der Waals surface area (Å²) in [4.78, 5) is 10.9. The maximum absolute atomic E-state index is 12.3. The molecule has 0 fully saturated rings. The molecule has 1 aromatic rings. The SMILES string of the molecule is O=C(c1ccccc1)C(F)Br. The lowest BCUT2D eigenvalue weighted by molar-refractivity contribution is 0.0942. The van der Waals surface area contributed by atoms with Crippen LogP contribution in [0, 0.1) is 0 Å². The van der Waals surface area contributed by atoms with Crippen LogP contribution in [0.2, 0.25) is 0 Å². The molecule has 0 saturated carbocycles. The molecule has 58 valence electrons. The van der Waals surface area contributed by atoms with Crippen LogP contribution in [-0.4, -0.2) is 10.9 Å². The van der Waals surface area contributed by atoms with E-state index >= 15 is 0 Å². The van der Waals surface area contributed by atoms with E-state index < -0.39 is 10.9 Å². The second-order valence-corrected chi connectivity index (χ2v) is 2.83. The molecule has 0 bridgehead atoms. The summed E-state index contributed by atoms with van der Waals surface area (Å²) in [6.45, 7) is 0. The summed E-state index contributed by atoms with van der Waals surface area (Å²) >= 11 is 2.56. The zero-order valence-corrected chi connectivity index (χ0v) is 7.21. The Morgan fingerprint density at radius 2 is 1.91 bits per heavy atom. The molecule has 0 spiro atoms. The number of hydrogen-bond acceptors (Lipinski definition) is 1. The van der Waals surface area contributed by atoms with E-state index in [2.05, 4.69) is 15.9 Å². The van der Waals surface area contributed by atoms with Crippen molar-refractivity contribution in [3.8, 4) is 0 Å². The largest absolute Gasteiger partial charge is 0.290 e. The fraction of sp³-hybridized carbons (Fsp3) is 0.125. The third kappa shape index (κ3) is 2.12. The minimum Gasteiger partial charge on any atom is -0.290 e. The van der Waals surface area contributed by atoms with Crippen LogP contribution in [0.5, 0.6) is 0 Å². The smallest absolute Gasteiger partial charge is 0.217 e. The first kappa shape index (κ1) is 8.40. The third-order valence-electron chi connectivity index (χ3n) is 1.26. The zero-order chi connectivity index (χ0) is 8.27. The van der Waals surface area contributed by atoms with Crippen molar-refractivity contribution in [3.63, 3.8) is 0 Å². The van der Waals surface area contributed by atoms with E-state index in [1.165, 1.54) is 0 Å². The van der Waals surface area contributed by atoms with Gasteiger partial charge in [-0.25, -0.2) is 4.39 Å². The monoisotopic (exact) mass is 216 g/mol. The molecule has 0 radical (unpaired) electrons. The van der Waals surface area contributed by atoms with Crippen LogP contribution in [0.4, 0.5) is 4.39 Å². The molecule has 0 aromatic heterocycles. The van der Waals surface area contributed by atoms with Gasteiger partial charge in [-0.15, -0.1) is 0 Å². The molecule has 0 heterocycles. The van der Waals surface area contributed by atoms with Crippen molar-refractivity contribution in [3.05, 3.63) is 35.9 Å². The predicted molar refractivity (Wildman–Crippen MR) is 44.6 cm³/mol. The van der Waals surface area contributed by atoms with Crippen molar-refractivity contribution < 1.29 is 9.18 Å². The zero-order valence-electron chi connectivity index (χ0n) is 5.63. The van der Waals surface area contributed by atoms with Gasteiger partial charge in [0.25, 0.3) is 0 Å². The first-order valence-electron chi connectivity index (χ1n) is 3.09. The summed E-state index contributed by atoms with van der Waals surface area (Å²) < 4.78 is 12.3. The number of rotatable bonds is 2. The van der Waals surface area contributed by atoms with Crippen LogP contribution in [0.1, 0.15) is 10.4 Å². The summed E-state index contributed by atoms with van der Waals surface area (Å²) in [5.74, 6) is -0.536. The van der Waals surface area contributed by atoms with Crippen LogP contribution >= 0.6 is 15.9 Å². The van der Waals surface area contributed by atoms with E-state index in [9.17, 15) is 9.18 Å². The molecule has 0 aliphatic carbocycles. The van der Waals surface area contributed by atoms with Crippen molar-refractivity contribution in [2.24, 2.45) is 0 Å². The van der Waals surface area contributed by atoms with E-state index in [1.54, 1.807) is 30.3 Å². The van der Waals surface area contributed by atoms with Gasteiger partial charge in [-0.2, -0.15) is 0 Å². The topological polar surface area (TPSA) is 17.1 Å². The van der Waals surface area contributed by atoms with E-state index in [0.29, 0.717) is 5.56 Å². The standard InChI is InChI=1S/C8H6BrFO/c9-8(10)7(11)6-4-2-1-3-5-6/h1-5,8H. The van der Waals surface area contributed by atoms with Crippen LogP contribution in [0.25, 0.3) is 0 Å². The Labute approximate surface area is 72.4 Å². The molecule has 0 amide bonds. The molecule has 0 saturated heterocycles. The Morgan fingerprint density at radius 3 is 2.36 bits per heavy atom. The number of alkyl halides is 2. The molecule has 1 atom stereocenters. The summed E-state index contributed by atoms with van der Waals surface area (Å²) in [6, 6.07) is 8.33. The van der Waals surface area contributed by atoms with E-state index in [0.717, 1.165) is 0 Å². The number of hydrogen-bond donors (Lipinski definition) is 0. The highest BCUT2D eigenvalue weighted by Gasteiger charge is 2.13. The van der Waals surface area contributed by atoms with Gasteiger partial charge in [-0.1, -0.05) is 30.3 Å². The Hall–Kier alpha value is -0.700. The van der Waals surface area contributed by atoms with Crippen LogP contribution in [0.3, 0.4) is 0 Å². The second kappa shape index (κ2) is 3.62. The summed E-state index contributed by atoms with van der Waals surface area (Å²) in [5, 5.41) is -1.59. The van der Waals surface area contributed by atoms with Gasteiger partial charge in [-0.3, -0.25) is 4.79 Å². The molecule has 0 aliphatic heterocycles. The molecule has 1 nitrogen and oxygen atoms in total. The molecule has 11 heavy (non-hydrogen) atoms. The van der Waals surface area contributed by atoms with Crippen LogP contribution < -0.4 is 0 Å². The highest BCUT2D eigenvalue weighted by atomic mass is 79.9. The molecule has 1 unspecified atom stereocenters. The van der Waals surface area contributed by atoms with Crippen molar-refractivity contribution in [1.29, 1.82) is 0 Å². The Bertz CT molecular complexity index is 246. The van der Waals surface area contributed by atoms with Crippen molar-refractivity contribution in [2.45, 2.75) is 5.08 Å². The van der Waals surface area contributed by atoms with Gasteiger partial charge in [0.2, 0.25) is 10.9 Å². The molecule has 1 rings (SSSR count). The maximum atomic E-state index is 12.3. The summed E-state index contributed by atoms with van der Waals surface area (Å²) in [7, 11) is 0.